The zero-order valence-electron chi connectivity index (χ0n) is 14.2. The summed E-state index contributed by atoms with van der Waals surface area (Å²) in [6.45, 7) is 7.15. The van der Waals surface area contributed by atoms with Crippen molar-refractivity contribution in [3.8, 4) is 0 Å². The first-order valence-electron chi connectivity index (χ1n) is 8.49. The molecule has 0 radical (unpaired) electrons. The van der Waals surface area contributed by atoms with E-state index in [-0.39, 0.29) is 5.97 Å². The molecule has 0 amide bonds. The second-order valence-electron chi connectivity index (χ2n) is 5.77. The molecule has 0 fully saturated rings. The van der Waals surface area contributed by atoms with Crippen molar-refractivity contribution >= 4 is 17.7 Å². The van der Waals surface area contributed by atoms with Crippen molar-refractivity contribution < 1.29 is 9.53 Å². The van der Waals surface area contributed by atoms with Crippen molar-refractivity contribution in [3.05, 3.63) is 35.9 Å². The molecule has 0 aliphatic rings. The van der Waals surface area contributed by atoms with Crippen molar-refractivity contribution in [2.45, 2.75) is 58.1 Å². The van der Waals surface area contributed by atoms with E-state index in [9.17, 15) is 4.79 Å². The van der Waals surface area contributed by atoms with Crippen LogP contribution in [0.25, 0.3) is 0 Å². The highest BCUT2D eigenvalue weighted by atomic mass is 32.2. The maximum absolute atomic E-state index is 11.8. The van der Waals surface area contributed by atoms with Crippen molar-refractivity contribution in [2.75, 3.05) is 12.4 Å². The molecule has 2 unspecified atom stereocenters. The third kappa shape index (κ3) is 7.88. The second-order valence-corrected chi connectivity index (χ2v) is 7.22. The summed E-state index contributed by atoms with van der Waals surface area (Å²) in [5, 5.41) is 0.418. The summed E-state index contributed by atoms with van der Waals surface area (Å²) in [6.07, 6.45) is 5.19. The summed E-state index contributed by atoms with van der Waals surface area (Å²) in [5.74, 6) is 1.29. The molecule has 1 aromatic rings. The number of hydrogen-bond acceptors (Lipinski definition) is 3. The molecule has 0 aliphatic heterocycles. The van der Waals surface area contributed by atoms with Crippen LogP contribution in [-0.2, 0) is 9.53 Å². The van der Waals surface area contributed by atoms with Crippen molar-refractivity contribution in [1.29, 1.82) is 0 Å². The molecule has 0 bridgehead atoms. The highest BCUT2D eigenvalue weighted by Crippen LogP contribution is 2.28. The zero-order chi connectivity index (χ0) is 16.2. The lowest BCUT2D eigenvalue weighted by molar-refractivity contribution is -0.144. The molecule has 1 aromatic carbocycles. The molecule has 1 rings (SSSR count). The maximum Gasteiger partial charge on any atom is 0.306 e. The van der Waals surface area contributed by atoms with E-state index >= 15 is 0 Å². The molecule has 3 heteroatoms. The zero-order valence-corrected chi connectivity index (χ0v) is 15.0. The van der Waals surface area contributed by atoms with Gasteiger partial charge in [0.15, 0.2) is 0 Å². The van der Waals surface area contributed by atoms with Gasteiger partial charge in [-0.2, -0.15) is 11.8 Å². The highest BCUT2D eigenvalue weighted by molar-refractivity contribution is 7.99. The lowest BCUT2D eigenvalue weighted by atomic mass is 10.0. The number of carbonyl (C=O) groups is 1. The van der Waals surface area contributed by atoms with Crippen molar-refractivity contribution in [2.24, 2.45) is 5.92 Å². The molecule has 22 heavy (non-hydrogen) atoms. The minimum Gasteiger partial charge on any atom is -0.465 e. The normalized spacial score (nSPS) is 13.6. The van der Waals surface area contributed by atoms with E-state index in [1.54, 1.807) is 0 Å². The third-order valence-electron chi connectivity index (χ3n) is 3.97. The van der Waals surface area contributed by atoms with Crippen molar-refractivity contribution in [3.63, 3.8) is 0 Å². The Balaban J connectivity index is 2.17. The lowest BCUT2D eigenvalue weighted by Gasteiger charge is -2.15. The average molecular weight is 323 g/mol. The standard InChI is InChI=1S/C19H30O2S/c1-4-6-10-17(5-2)15-21-19(20)13-14-22-16(3)18-11-8-7-9-12-18/h7-9,11-12,16-17H,4-6,10,13-15H2,1-3H3. The summed E-state index contributed by atoms with van der Waals surface area (Å²) in [6, 6.07) is 10.4. The molecule has 124 valence electrons. The van der Waals surface area contributed by atoms with E-state index in [0.29, 0.717) is 24.2 Å². The fraction of sp³-hybridized carbons (Fsp3) is 0.632. The smallest absolute Gasteiger partial charge is 0.306 e. The monoisotopic (exact) mass is 322 g/mol. The molecule has 0 saturated carbocycles. The van der Waals surface area contributed by atoms with Gasteiger partial charge in [-0.3, -0.25) is 4.79 Å². The van der Waals surface area contributed by atoms with Crippen LogP contribution < -0.4 is 0 Å². The molecule has 0 spiro atoms. The van der Waals surface area contributed by atoms with Gasteiger partial charge >= 0.3 is 5.97 Å². The first kappa shape index (κ1) is 19.1. The minimum absolute atomic E-state index is 0.0530. The van der Waals surface area contributed by atoms with Gasteiger partial charge < -0.3 is 4.74 Å². The number of ether oxygens (including phenoxy) is 1. The Morgan fingerprint density at radius 2 is 1.95 bits per heavy atom. The van der Waals surface area contributed by atoms with Gasteiger partial charge in [0.2, 0.25) is 0 Å². The van der Waals surface area contributed by atoms with E-state index in [0.717, 1.165) is 12.2 Å². The van der Waals surface area contributed by atoms with Gasteiger partial charge in [-0.05, 0) is 24.8 Å². The van der Waals surface area contributed by atoms with Crippen LogP contribution in [0.3, 0.4) is 0 Å². The summed E-state index contributed by atoms with van der Waals surface area (Å²) < 4.78 is 5.43. The molecular weight excluding hydrogens is 292 g/mol. The van der Waals surface area contributed by atoms with Crippen LogP contribution >= 0.6 is 11.8 Å². The SMILES string of the molecule is CCCCC(CC)COC(=O)CCSC(C)c1ccccc1. The number of carbonyl (C=O) groups excluding carboxylic acids is 1. The van der Waals surface area contributed by atoms with Gasteiger partial charge in [-0.25, -0.2) is 0 Å². The molecule has 0 saturated heterocycles. The van der Waals surface area contributed by atoms with Crippen LogP contribution in [0.4, 0.5) is 0 Å². The second kappa shape index (κ2) is 11.6. The third-order valence-corrected chi connectivity index (χ3v) is 5.18. The van der Waals surface area contributed by atoms with Crippen LogP contribution in [0.2, 0.25) is 0 Å². The lowest BCUT2D eigenvalue weighted by Crippen LogP contribution is -2.14. The number of esters is 1. The van der Waals surface area contributed by atoms with Gasteiger partial charge in [0.05, 0.1) is 13.0 Å². The topological polar surface area (TPSA) is 26.3 Å². The fourth-order valence-corrected chi connectivity index (χ4v) is 3.31. The van der Waals surface area contributed by atoms with Crippen LogP contribution in [0.5, 0.6) is 0 Å². The predicted molar refractivity (Wildman–Crippen MR) is 96.2 cm³/mol. The van der Waals surface area contributed by atoms with Crippen LogP contribution in [-0.4, -0.2) is 18.3 Å². The Kier molecular flexibility index (Phi) is 10.1. The van der Waals surface area contributed by atoms with Crippen LogP contribution in [0, 0.1) is 5.92 Å². The molecular formula is C19H30O2S. The molecule has 2 nitrogen and oxygen atoms in total. The Labute approximate surface area is 140 Å². The van der Waals surface area contributed by atoms with Gasteiger partial charge in [0, 0.05) is 11.0 Å². The minimum atomic E-state index is -0.0530. The summed E-state index contributed by atoms with van der Waals surface area (Å²) in [5.41, 5.74) is 1.31. The Hall–Kier alpha value is -0.960. The number of rotatable bonds is 11. The van der Waals surface area contributed by atoms with Crippen LogP contribution in [0.15, 0.2) is 30.3 Å². The molecule has 0 aromatic heterocycles. The van der Waals surface area contributed by atoms with E-state index in [1.807, 2.05) is 17.8 Å². The molecule has 2 atom stereocenters. The Morgan fingerprint density at radius 3 is 2.59 bits per heavy atom. The maximum atomic E-state index is 11.8. The van der Waals surface area contributed by atoms with E-state index in [2.05, 4.69) is 45.0 Å². The van der Waals surface area contributed by atoms with Gasteiger partial charge in [0.1, 0.15) is 0 Å². The Morgan fingerprint density at radius 1 is 1.23 bits per heavy atom. The number of thioether (sulfide) groups is 1. The fourth-order valence-electron chi connectivity index (χ4n) is 2.32. The summed E-state index contributed by atoms with van der Waals surface area (Å²) in [7, 11) is 0. The van der Waals surface area contributed by atoms with Gasteiger partial charge in [-0.1, -0.05) is 63.4 Å². The predicted octanol–water partition coefficient (Wildman–Crippen LogP) is 5.63. The van der Waals surface area contributed by atoms with Crippen molar-refractivity contribution in [1.82, 2.24) is 0 Å². The van der Waals surface area contributed by atoms with E-state index in [1.165, 1.54) is 24.8 Å². The number of hydrogen-bond donors (Lipinski definition) is 0. The largest absolute Gasteiger partial charge is 0.465 e. The van der Waals surface area contributed by atoms with E-state index < -0.39 is 0 Å². The quantitative estimate of drug-likeness (QED) is 0.494. The molecule has 0 N–H and O–H groups in total. The average Bonchev–Trinajstić information content (AvgIpc) is 2.55. The summed E-state index contributed by atoms with van der Waals surface area (Å²) in [4.78, 5) is 11.8. The first-order valence-corrected chi connectivity index (χ1v) is 9.54. The number of benzene rings is 1. The summed E-state index contributed by atoms with van der Waals surface area (Å²) >= 11 is 1.81. The molecule has 0 aliphatic carbocycles. The van der Waals surface area contributed by atoms with Gasteiger partial charge in [-0.15, -0.1) is 0 Å². The molecule has 0 heterocycles. The van der Waals surface area contributed by atoms with Gasteiger partial charge in [0.25, 0.3) is 0 Å². The van der Waals surface area contributed by atoms with Crippen LogP contribution in [0.1, 0.15) is 63.7 Å². The highest BCUT2D eigenvalue weighted by Gasteiger charge is 2.11. The van der Waals surface area contributed by atoms with E-state index in [4.69, 9.17) is 4.74 Å². The Bertz CT molecular complexity index is 405. The first-order chi connectivity index (χ1) is 10.7. The number of unbranched alkanes of at least 4 members (excludes halogenated alkanes) is 1.